The first-order valence-electron chi connectivity index (χ1n) is 25.2. The second-order valence-electron chi connectivity index (χ2n) is 18.5. The van der Waals surface area contributed by atoms with Crippen molar-refractivity contribution in [2.45, 2.75) is 75.1 Å². The number of carbonyl (C=O) groups is 2. The number of hydroxylamine groups is 2. The SMILES string of the molecule is O=C1c2ccccc2C(=O)N1O[C@H](COC(c1ccccc1)(c1ccccc1)c1ccccc1)C[C@H]1O[C@H](COCc2ccccc2)[C@@H](OCc2ccccc2)[C@H](OCc2ccccc2)[C@H]1OCc1ccccc1. The van der Waals surface area contributed by atoms with Gasteiger partial charge in [-0.3, -0.25) is 14.4 Å². The van der Waals surface area contributed by atoms with Crippen molar-refractivity contribution in [3.63, 3.8) is 0 Å². The molecule has 0 bridgehead atoms. The van der Waals surface area contributed by atoms with E-state index in [1.54, 1.807) is 24.3 Å². The molecule has 8 aromatic carbocycles. The number of carbonyl (C=O) groups excluding carboxylic acids is 2. The number of amides is 2. The fourth-order valence-corrected chi connectivity index (χ4v) is 9.87. The second kappa shape index (κ2) is 24.6. The molecule has 74 heavy (non-hydrogen) atoms. The van der Waals surface area contributed by atoms with Gasteiger partial charge in [-0.1, -0.05) is 224 Å². The number of hydrogen-bond acceptors (Lipinski definition) is 9. The van der Waals surface area contributed by atoms with Crippen molar-refractivity contribution in [1.82, 2.24) is 5.06 Å². The Morgan fingerprint density at radius 2 is 0.770 bits per heavy atom. The summed E-state index contributed by atoms with van der Waals surface area (Å²) in [5.41, 5.74) is 5.86. The summed E-state index contributed by atoms with van der Waals surface area (Å²) in [5.74, 6) is -1.13. The number of hydrogen-bond donors (Lipinski definition) is 0. The highest BCUT2D eigenvalue weighted by molar-refractivity contribution is 6.20. The summed E-state index contributed by atoms with van der Waals surface area (Å²) in [4.78, 5) is 35.3. The largest absolute Gasteiger partial charge is 0.374 e. The molecule has 0 unspecified atom stereocenters. The highest BCUT2D eigenvalue weighted by Crippen LogP contribution is 2.42. The lowest BCUT2D eigenvalue weighted by Crippen LogP contribution is -2.62. The standard InChI is InChI=1S/C64H59NO9/c66-62-55-38-22-23-39-56(55)63(67)65(62)74-54(45-72-64(51-32-16-5-17-33-51,52-34-18-6-19-35-52)53-36-20-7-21-37-53)40-57-59(69-42-48-26-10-2-11-27-48)61(71-44-50-30-14-4-15-31-50)60(70-43-49-28-12-3-13-29-49)58(73-57)46-68-41-47-24-8-1-9-25-47/h1-39,54,57-61H,40-46H2/t54-,57+,58+,59-,60+,61+/m0/s1. The van der Waals surface area contributed by atoms with Gasteiger partial charge < -0.3 is 28.4 Å². The maximum Gasteiger partial charge on any atom is 0.285 e. The molecular weight excluding hydrogens is 927 g/mol. The van der Waals surface area contributed by atoms with Crippen LogP contribution in [0.5, 0.6) is 0 Å². The molecular formula is C64H59NO9. The monoisotopic (exact) mass is 985 g/mol. The van der Waals surface area contributed by atoms with Gasteiger partial charge in [0.15, 0.2) is 0 Å². The molecule has 0 N–H and O–H groups in total. The lowest BCUT2D eigenvalue weighted by Gasteiger charge is -2.47. The van der Waals surface area contributed by atoms with Crippen molar-refractivity contribution in [3.05, 3.63) is 287 Å². The van der Waals surface area contributed by atoms with Gasteiger partial charge in [0.2, 0.25) is 0 Å². The third-order valence-electron chi connectivity index (χ3n) is 13.5. The van der Waals surface area contributed by atoms with Gasteiger partial charge in [-0.25, -0.2) is 0 Å². The molecule has 1 saturated heterocycles. The average molecular weight is 986 g/mol. The smallest absolute Gasteiger partial charge is 0.285 e. The van der Waals surface area contributed by atoms with E-state index in [-0.39, 0.29) is 50.6 Å². The molecule has 0 radical (unpaired) electrons. The van der Waals surface area contributed by atoms with Crippen LogP contribution < -0.4 is 0 Å². The zero-order chi connectivity index (χ0) is 50.4. The van der Waals surface area contributed by atoms with Crippen molar-refractivity contribution in [3.8, 4) is 0 Å². The first-order chi connectivity index (χ1) is 36.5. The van der Waals surface area contributed by atoms with E-state index >= 15 is 0 Å². The van der Waals surface area contributed by atoms with E-state index in [0.717, 1.165) is 44.0 Å². The van der Waals surface area contributed by atoms with Gasteiger partial charge in [0.25, 0.3) is 11.8 Å². The molecule has 374 valence electrons. The minimum absolute atomic E-state index is 0.0765. The fourth-order valence-electron chi connectivity index (χ4n) is 9.87. The lowest BCUT2D eigenvalue weighted by molar-refractivity contribution is -0.281. The third-order valence-corrected chi connectivity index (χ3v) is 13.5. The summed E-state index contributed by atoms with van der Waals surface area (Å²) in [7, 11) is 0. The van der Waals surface area contributed by atoms with Crippen LogP contribution in [0.25, 0.3) is 0 Å². The maximum atomic E-state index is 14.2. The van der Waals surface area contributed by atoms with Gasteiger partial charge in [-0.05, 0) is 51.1 Å². The van der Waals surface area contributed by atoms with Gasteiger partial charge >= 0.3 is 0 Å². The molecule has 0 aliphatic carbocycles. The van der Waals surface area contributed by atoms with Crippen molar-refractivity contribution < 1.29 is 42.8 Å². The zero-order valence-corrected chi connectivity index (χ0v) is 41.1. The highest BCUT2D eigenvalue weighted by atomic mass is 16.7. The van der Waals surface area contributed by atoms with E-state index in [2.05, 4.69) is 0 Å². The zero-order valence-electron chi connectivity index (χ0n) is 41.1. The summed E-state index contributed by atoms with van der Waals surface area (Å²) < 4.78 is 42.5. The summed E-state index contributed by atoms with van der Waals surface area (Å²) in [6.45, 7) is 1.09. The Kier molecular flexibility index (Phi) is 16.7. The summed E-state index contributed by atoms with van der Waals surface area (Å²) in [6.07, 6.45) is -4.63. The molecule has 10 nitrogen and oxygen atoms in total. The van der Waals surface area contributed by atoms with Crippen LogP contribution in [0, 0.1) is 0 Å². The van der Waals surface area contributed by atoms with E-state index in [0.29, 0.717) is 6.61 Å². The molecule has 2 heterocycles. The average Bonchev–Trinajstić information content (AvgIpc) is 3.70. The lowest BCUT2D eigenvalue weighted by atomic mass is 9.80. The molecule has 8 aromatic rings. The number of imide groups is 1. The Bertz CT molecular complexity index is 2860. The van der Waals surface area contributed by atoms with Crippen molar-refractivity contribution in [2.75, 3.05) is 13.2 Å². The molecule has 6 atom stereocenters. The van der Waals surface area contributed by atoms with Gasteiger partial charge in [0, 0.05) is 6.42 Å². The summed E-state index contributed by atoms with van der Waals surface area (Å²) in [6, 6.07) is 76.8. The van der Waals surface area contributed by atoms with Crippen LogP contribution in [0.2, 0.25) is 0 Å². The number of benzene rings is 8. The van der Waals surface area contributed by atoms with Crippen molar-refractivity contribution >= 4 is 11.8 Å². The predicted octanol–water partition coefficient (Wildman–Crippen LogP) is 11.7. The Morgan fingerprint density at radius 3 is 1.19 bits per heavy atom. The number of nitrogens with zero attached hydrogens (tertiary/aromatic N) is 1. The Balaban J connectivity index is 1.06. The Hall–Kier alpha value is -7.38. The van der Waals surface area contributed by atoms with E-state index in [1.165, 1.54) is 0 Å². The minimum Gasteiger partial charge on any atom is -0.374 e. The van der Waals surface area contributed by atoms with Crippen molar-refractivity contribution in [2.24, 2.45) is 0 Å². The summed E-state index contributed by atoms with van der Waals surface area (Å²) in [5, 5.41) is 0.867. The van der Waals surface area contributed by atoms with Crippen LogP contribution in [-0.4, -0.2) is 66.7 Å². The number of ether oxygens (including phenoxy) is 6. The molecule has 0 spiro atoms. The first kappa shape index (κ1) is 50.2. The van der Waals surface area contributed by atoms with Crippen molar-refractivity contribution in [1.29, 1.82) is 0 Å². The van der Waals surface area contributed by atoms with Crippen LogP contribution in [0.15, 0.2) is 237 Å². The topological polar surface area (TPSA) is 102 Å². The van der Waals surface area contributed by atoms with Crippen LogP contribution in [0.3, 0.4) is 0 Å². The van der Waals surface area contributed by atoms with Crippen LogP contribution >= 0.6 is 0 Å². The van der Waals surface area contributed by atoms with E-state index < -0.39 is 54.0 Å². The first-order valence-corrected chi connectivity index (χ1v) is 25.2. The second-order valence-corrected chi connectivity index (χ2v) is 18.5. The predicted molar refractivity (Wildman–Crippen MR) is 281 cm³/mol. The number of fused-ring (bicyclic) bond motifs is 1. The fraction of sp³-hybridized carbons (Fsp3) is 0.219. The molecule has 2 amide bonds. The molecule has 1 fully saturated rings. The van der Waals surface area contributed by atoms with Crippen LogP contribution in [0.4, 0.5) is 0 Å². The summed E-state index contributed by atoms with van der Waals surface area (Å²) >= 11 is 0. The molecule has 2 aliphatic rings. The van der Waals surface area contributed by atoms with Gasteiger partial charge in [-0.15, -0.1) is 5.06 Å². The minimum atomic E-state index is -1.17. The molecule has 0 aromatic heterocycles. The Labute approximate surface area is 432 Å². The maximum absolute atomic E-state index is 14.2. The van der Waals surface area contributed by atoms with Gasteiger partial charge in [0.1, 0.15) is 36.1 Å². The highest BCUT2D eigenvalue weighted by Gasteiger charge is 2.50. The number of rotatable bonds is 23. The Morgan fingerprint density at radius 1 is 0.419 bits per heavy atom. The molecule has 0 saturated carbocycles. The molecule has 2 aliphatic heterocycles. The van der Waals surface area contributed by atoms with E-state index in [9.17, 15) is 9.59 Å². The van der Waals surface area contributed by atoms with Crippen LogP contribution in [0.1, 0.15) is 66.1 Å². The van der Waals surface area contributed by atoms with Crippen LogP contribution in [-0.2, 0) is 65.3 Å². The van der Waals surface area contributed by atoms with Gasteiger partial charge in [-0.2, -0.15) is 0 Å². The van der Waals surface area contributed by atoms with E-state index in [1.807, 2.05) is 212 Å². The van der Waals surface area contributed by atoms with E-state index in [4.69, 9.17) is 33.3 Å². The normalized spacial score (nSPS) is 19.0. The third kappa shape index (κ3) is 11.8. The molecule has 10 rings (SSSR count). The quantitative estimate of drug-likeness (QED) is 0.0458. The molecule has 10 heteroatoms. The van der Waals surface area contributed by atoms with Gasteiger partial charge in [0.05, 0.1) is 56.9 Å².